The van der Waals surface area contributed by atoms with Crippen LogP contribution in [0.4, 0.5) is 10.1 Å². The third kappa shape index (κ3) is 5.48. The number of benzene rings is 2. The largest absolute Gasteiger partial charge is 0.358 e. The van der Waals surface area contributed by atoms with Crippen LogP contribution in [0, 0.1) is 5.82 Å². The lowest BCUT2D eigenvalue weighted by Crippen LogP contribution is -2.52. The molecule has 0 amide bonds. The lowest BCUT2D eigenvalue weighted by Gasteiger charge is -2.41. The number of piperazine rings is 1. The Bertz CT molecular complexity index is 730. The van der Waals surface area contributed by atoms with Crippen molar-refractivity contribution in [3.8, 4) is 0 Å². The molecular formula is C21H27FN4S. The van der Waals surface area contributed by atoms with E-state index in [9.17, 15) is 4.39 Å². The summed E-state index contributed by atoms with van der Waals surface area (Å²) in [4.78, 5) is 4.88. The first-order valence-electron chi connectivity index (χ1n) is 9.33. The smallest absolute Gasteiger partial charge is 0.171 e. The van der Waals surface area contributed by atoms with Crippen LogP contribution in [0.1, 0.15) is 18.5 Å². The van der Waals surface area contributed by atoms with E-state index in [1.165, 1.54) is 17.7 Å². The van der Waals surface area contributed by atoms with Gasteiger partial charge in [0.1, 0.15) is 5.82 Å². The Morgan fingerprint density at radius 3 is 2.26 bits per heavy atom. The number of hydrogen-bond donors (Lipinski definition) is 2. The molecule has 144 valence electrons. The average molecular weight is 387 g/mol. The third-order valence-corrected chi connectivity index (χ3v) is 5.23. The van der Waals surface area contributed by atoms with Gasteiger partial charge in [-0.25, -0.2) is 4.39 Å². The maximum atomic E-state index is 13.1. The number of anilines is 1. The van der Waals surface area contributed by atoms with E-state index in [4.69, 9.17) is 12.2 Å². The number of rotatable bonds is 5. The fraction of sp³-hybridized carbons (Fsp3) is 0.381. The number of hydrogen-bond acceptors (Lipinski definition) is 3. The molecule has 4 nitrogen and oxygen atoms in total. The highest BCUT2D eigenvalue weighted by molar-refractivity contribution is 7.80. The molecule has 0 aliphatic carbocycles. The molecule has 0 unspecified atom stereocenters. The van der Waals surface area contributed by atoms with Crippen molar-refractivity contribution in [3.05, 3.63) is 66.0 Å². The first-order valence-corrected chi connectivity index (χ1v) is 9.74. The first-order chi connectivity index (χ1) is 13.0. The summed E-state index contributed by atoms with van der Waals surface area (Å²) in [5.74, 6) is -0.257. The SMILES string of the molecule is C[C@@H](NC(=S)Nc1ccc(F)cc1)[C@@H](c1ccccc1)N1CCN(C)CC1. The minimum atomic E-state index is -0.257. The van der Waals surface area contributed by atoms with E-state index in [1.54, 1.807) is 12.1 Å². The molecule has 2 aromatic rings. The maximum absolute atomic E-state index is 13.1. The topological polar surface area (TPSA) is 30.5 Å². The number of halogens is 1. The van der Waals surface area contributed by atoms with Gasteiger partial charge in [-0.15, -0.1) is 0 Å². The summed E-state index contributed by atoms with van der Waals surface area (Å²) in [7, 11) is 2.16. The third-order valence-electron chi connectivity index (χ3n) is 5.01. The van der Waals surface area contributed by atoms with Gasteiger partial charge in [0.2, 0.25) is 0 Å². The van der Waals surface area contributed by atoms with Crippen molar-refractivity contribution in [2.45, 2.75) is 19.0 Å². The second kappa shape index (κ2) is 9.26. The van der Waals surface area contributed by atoms with Gasteiger partial charge in [-0.1, -0.05) is 30.3 Å². The second-order valence-electron chi connectivity index (χ2n) is 7.09. The Morgan fingerprint density at radius 1 is 1.00 bits per heavy atom. The summed E-state index contributed by atoms with van der Waals surface area (Å²) in [6.45, 7) is 6.34. The lowest BCUT2D eigenvalue weighted by molar-refractivity contribution is 0.0973. The standard InChI is InChI=1S/C21H27FN4S/c1-16(23-21(27)24-19-10-8-18(22)9-11-19)20(17-6-4-3-5-7-17)26-14-12-25(2)13-15-26/h3-11,16,20H,12-15H2,1-2H3,(H2,23,24,27)/t16-,20+/m1/s1. The van der Waals surface area contributed by atoms with Crippen LogP contribution in [0.3, 0.4) is 0 Å². The van der Waals surface area contributed by atoms with Gasteiger partial charge in [-0.2, -0.15) is 0 Å². The van der Waals surface area contributed by atoms with E-state index in [0.29, 0.717) is 5.11 Å². The van der Waals surface area contributed by atoms with Crippen LogP contribution in [-0.2, 0) is 0 Å². The van der Waals surface area contributed by atoms with Crippen LogP contribution >= 0.6 is 12.2 Å². The normalized spacial score (nSPS) is 17.9. The molecule has 0 saturated carbocycles. The minimum absolute atomic E-state index is 0.122. The summed E-state index contributed by atoms with van der Waals surface area (Å²) >= 11 is 5.49. The molecule has 1 fully saturated rings. The molecule has 1 heterocycles. The Labute approximate surface area is 166 Å². The average Bonchev–Trinajstić information content (AvgIpc) is 2.66. The molecule has 1 aliphatic heterocycles. The summed E-state index contributed by atoms with van der Waals surface area (Å²) < 4.78 is 13.1. The molecule has 1 saturated heterocycles. The Balaban J connectivity index is 1.69. The quantitative estimate of drug-likeness (QED) is 0.768. The van der Waals surface area contributed by atoms with Gasteiger partial charge in [-0.3, -0.25) is 4.90 Å². The molecule has 0 aromatic heterocycles. The van der Waals surface area contributed by atoms with Gasteiger partial charge in [0.05, 0.1) is 6.04 Å². The summed E-state index contributed by atoms with van der Waals surface area (Å²) in [5.41, 5.74) is 2.06. The highest BCUT2D eigenvalue weighted by Gasteiger charge is 2.28. The predicted octanol–water partition coefficient (Wildman–Crippen LogP) is 3.49. The van der Waals surface area contributed by atoms with Crippen molar-refractivity contribution in [1.29, 1.82) is 0 Å². The highest BCUT2D eigenvalue weighted by atomic mass is 32.1. The minimum Gasteiger partial charge on any atom is -0.358 e. The molecule has 27 heavy (non-hydrogen) atoms. The molecule has 0 spiro atoms. The predicted molar refractivity (Wildman–Crippen MR) is 113 cm³/mol. The van der Waals surface area contributed by atoms with Crippen LogP contribution in [-0.4, -0.2) is 54.2 Å². The van der Waals surface area contributed by atoms with Crippen molar-refractivity contribution >= 4 is 23.0 Å². The zero-order chi connectivity index (χ0) is 19.2. The van der Waals surface area contributed by atoms with Gasteiger partial charge >= 0.3 is 0 Å². The van der Waals surface area contributed by atoms with E-state index >= 15 is 0 Å². The number of likely N-dealkylation sites (N-methyl/N-ethyl adjacent to an activating group) is 1. The molecule has 6 heteroatoms. The first kappa shape index (κ1) is 19.7. The molecule has 0 radical (unpaired) electrons. The van der Waals surface area contributed by atoms with Gasteiger partial charge < -0.3 is 15.5 Å². The van der Waals surface area contributed by atoms with Crippen LogP contribution in [0.2, 0.25) is 0 Å². The van der Waals surface area contributed by atoms with E-state index < -0.39 is 0 Å². The number of nitrogens with zero attached hydrogens (tertiary/aromatic N) is 2. The molecular weight excluding hydrogens is 359 g/mol. The zero-order valence-electron chi connectivity index (χ0n) is 15.9. The molecule has 1 aliphatic rings. The molecule has 2 N–H and O–H groups in total. The second-order valence-corrected chi connectivity index (χ2v) is 7.50. The molecule has 2 atom stereocenters. The summed E-state index contributed by atoms with van der Waals surface area (Å²) in [6, 6.07) is 17.1. The van der Waals surface area contributed by atoms with Gasteiger partial charge in [0, 0.05) is 37.9 Å². The van der Waals surface area contributed by atoms with Crippen LogP contribution in [0.5, 0.6) is 0 Å². The fourth-order valence-electron chi connectivity index (χ4n) is 3.55. The Morgan fingerprint density at radius 2 is 1.63 bits per heavy atom. The van der Waals surface area contributed by atoms with E-state index in [1.807, 2.05) is 6.07 Å². The van der Waals surface area contributed by atoms with E-state index in [2.05, 4.69) is 58.7 Å². The monoisotopic (exact) mass is 386 g/mol. The van der Waals surface area contributed by atoms with Crippen LogP contribution in [0.25, 0.3) is 0 Å². The van der Waals surface area contributed by atoms with E-state index in [0.717, 1.165) is 31.9 Å². The van der Waals surface area contributed by atoms with Crippen LogP contribution < -0.4 is 10.6 Å². The molecule has 0 bridgehead atoms. The van der Waals surface area contributed by atoms with Crippen molar-refractivity contribution in [2.24, 2.45) is 0 Å². The fourth-order valence-corrected chi connectivity index (χ4v) is 3.86. The number of thiocarbonyl (C=S) groups is 1. The zero-order valence-corrected chi connectivity index (χ0v) is 16.7. The van der Waals surface area contributed by atoms with Crippen molar-refractivity contribution in [3.63, 3.8) is 0 Å². The van der Waals surface area contributed by atoms with Gasteiger partial charge in [-0.05, 0) is 56.0 Å². The van der Waals surface area contributed by atoms with Crippen LogP contribution in [0.15, 0.2) is 54.6 Å². The molecule has 2 aromatic carbocycles. The number of nitrogens with one attached hydrogen (secondary N) is 2. The maximum Gasteiger partial charge on any atom is 0.171 e. The van der Waals surface area contributed by atoms with E-state index in [-0.39, 0.29) is 17.9 Å². The van der Waals surface area contributed by atoms with Crippen molar-refractivity contribution in [1.82, 2.24) is 15.1 Å². The van der Waals surface area contributed by atoms with Gasteiger partial charge in [0.25, 0.3) is 0 Å². The van der Waals surface area contributed by atoms with Crippen molar-refractivity contribution in [2.75, 3.05) is 38.5 Å². The summed E-state index contributed by atoms with van der Waals surface area (Å²) in [5, 5.41) is 7.11. The molecule has 3 rings (SSSR count). The lowest BCUT2D eigenvalue weighted by atomic mass is 9.98. The highest BCUT2D eigenvalue weighted by Crippen LogP contribution is 2.25. The summed E-state index contributed by atoms with van der Waals surface area (Å²) in [6.07, 6.45) is 0. The van der Waals surface area contributed by atoms with Gasteiger partial charge in [0.15, 0.2) is 5.11 Å². The Kier molecular flexibility index (Phi) is 6.77. The Hall–Kier alpha value is -2.02. The van der Waals surface area contributed by atoms with Crippen molar-refractivity contribution < 1.29 is 4.39 Å².